The highest BCUT2D eigenvalue weighted by Crippen LogP contribution is 2.42. The molecule has 1 atom stereocenters. The highest BCUT2D eigenvalue weighted by molar-refractivity contribution is 6.32. The Morgan fingerprint density at radius 2 is 1.88 bits per heavy atom. The Balaban J connectivity index is 1.62. The van der Waals surface area contributed by atoms with Crippen molar-refractivity contribution in [2.75, 3.05) is 43.1 Å². The number of pyridine rings is 2. The molecule has 42 heavy (non-hydrogen) atoms. The lowest BCUT2D eigenvalue weighted by Gasteiger charge is -2.40. The number of aromatic nitrogens is 2. The van der Waals surface area contributed by atoms with Crippen LogP contribution in [0.15, 0.2) is 42.7 Å². The van der Waals surface area contributed by atoms with Gasteiger partial charge in [-0.2, -0.15) is 0 Å². The summed E-state index contributed by atoms with van der Waals surface area (Å²) in [6.45, 7) is 12.5. The molecule has 0 saturated carbocycles. The molecule has 226 valence electrons. The summed E-state index contributed by atoms with van der Waals surface area (Å²) >= 11 is 6.06. The molecule has 0 unspecified atom stereocenters. The summed E-state index contributed by atoms with van der Waals surface area (Å²) in [5.41, 5.74) is 4.60. The van der Waals surface area contributed by atoms with E-state index in [2.05, 4.69) is 23.7 Å². The van der Waals surface area contributed by atoms with E-state index < -0.39 is 17.9 Å². The van der Waals surface area contributed by atoms with Gasteiger partial charge in [-0.25, -0.2) is 9.18 Å². The van der Waals surface area contributed by atoms with Gasteiger partial charge >= 0.3 is 5.97 Å². The van der Waals surface area contributed by atoms with Gasteiger partial charge in [0.1, 0.15) is 18.2 Å². The number of anilines is 2. The van der Waals surface area contributed by atoms with Crippen molar-refractivity contribution >= 4 is 28.9 Å². The number of benzene rings is 1. The van der Waals surface area contributed by atoms with Crippen LogP contribution in [0.25, 0.3) is 11.3 Å². The van der Waals surface area contributed by atoms with E-state index in [1.807, 2.05) is 44.9 Å². The van der Waals surface area contributed by atoms with Crippen molar-refractivity contribution in [2.45, 2.75) is 59.7 Å². The maximum Gasteiger partial charge on any atom is 0.337 e. The number of hydrogen-bond acceptors (Lipinski definition) is 7. The van der Waals surface area contributed by atoms with Gasteiger partial charge in [0.15, 0.2) is 6.10 Å². The average molecular weight is 599 g/mol. The van der Waals surface area contributed by atoms with Crippen molar-refractivity contribution in [1.82, 2.24) is 9.97 Å². The van der Waals surface area contributed by atoms with Crippen LogP contribution in [0.4, 0.5) is 15.8 Å². The normalized spacial score (nSPS) is 15.5. The first kappa shape index (κ1) is 31.5. The molecule has 3 aromatic rings. The summed E-state index contributed by atoms with van der Waals surface area (Å²) in [5, 5.41) is 10.4. The predicted molar refractivity (Wildman–Crippen MR) is 164 cm³/mol. The molecule has 10 heteroatoms. The molecule has 3 heterocycles. The van der Waals surface area contributed by atoms with Gasteiger partial charge in [-0.05, 0) is 69.4 Å². The van der Waals surface area contributed by atoms with E-state index in [9.17, 15) is 14.3 Å². The molecular formula is C32H40ClFN4O4. The molecule has 0 amide bonds. The third-order valence-corrected chi connectivity index (χ3v) is 7.95. The molecule has 4 rings (SSSR count). The lowest BCUT2D eigenvalue weighted by molar-refractivity contribution is -0.153. The number of nitrogens with zero attached hydrogens (tertiary/aromatic N) is 4. The molecule has 1 fully saturated rings. The number of carboxylic acid groups (broad SMARTS) is 1. The number of ether oxygens (including phenoxy) is 2. The van der Waals surface area contributed by atoms with Gasteiger partial charge in [0.2, 0.25) is 0 Å². The van der Waals surface area contributed by atoms with E-state index in [0.717, 1.165) is 42.9 Å². The number of carbonyl (C=O) groups is 1. The summed E-state index contributed by atoms with van der Waals surface area (Å²) in [6, 6.07) is 7.94. The van der Waals surface area contributed by atoms with Crippen molar-refractivity contribution in [3.63, 3.8) is 0 Å². The molecule has 0 spiro atoms. The minimum Gasteiger partial charge on any atom is -0.490 e. The van der Waals surface area contributed by atoms with E-state index in [1.165, 1.54) is 18.2 Å². The van der Waals surface area contributed by atoms with Crippen LogP contribution >= 0.6 is 11.6 Å². The Morgan fingerprint density at radius 1 is 1.17 bits per heavy atom. The second-order valence-corrected chi connectivity index (χ2v) is 12.2. The number of halogens is 2. The van der Waals surface area contributed by atoms with Gasteiger partial charge in [0.25, 0.3) is 0 Å². The predicted octanol–water partition coefficient (Wildman–Crippen LogP) is 6.94. The zero-order chi connectivity index (χ0) is 30.6. The van der Waals surface area contributed by atoms with Crippen LogP contribution in [0, 0.1) is 18.2 Å². The van der Waals surface area contributed by atoms with Gasteiger partial charge in [-0.1, -0.05) is 25.4 Å². The molecule has 0 bridgehead atoms. The summed E-state index contributed by atoms with van der Waals surface area (Å²) in [5.74, 6) is -1.03. The Labute approximate surface area is 252 Å². The smallest absolute Gasteiger partial charge is 0.337 e. The van der Waals surface area contributed by atoms with Gasteiger partial charge in [0, 0.05) is 43.2 Å². The molecule has 8 nitrogen and oxygen atoms in total. The molecule has 0 radical (unpaired) electrons. The lowest BCUT2D eigenvalue weighted by Crippen LogP contribution is -2.39. The Morgan fingerprint density at radius 3 is 2.48 bits per heavy atom. The third kappa shape index (κ3) is 7.50. The zero-order valence-electron chi connectivity index (χ0n) is 25.2. The molecule has 1 saturated heterocycles. The van der Waals surface area contributed by atoms with E-state index in [-0.39, 0.29) is 16.5 Å². The molecule has 1 aromatic carbocycles. The average Bonchev–Trinajstić information content (AvgIpc) is 2.93. The number of likely N-dealkylation sites (N-methyl/N-ethyl adjacent to an activating group) is 1. The Hall–Kier alpha value is -3.43. The molecule has 1 aliphatic heterocycles. The highest BCUT2D eigenvalue weighted by Gasteiger charge is 2.34. The molecular weight excluding hydrogens is 559 g/mol. The molecule has 1 aliphatic rings. The third-order valence-electron chi connectivity index (χ3n) is 7.66. The lowest BCUT2D eigenvalue weighted by atomic mass is 9.82. The summed E-state index contributed by atoms with van der Waals surface area (Å²) < 4.78 is 25.0. The van der Waals surface area contributed by atoms with Crippen LogP contribution in [-0.4, -0.2) is 60.4 Å². The topological polar surface area (TPSA) is 88.0 Å². The maximum absolute atomic E-state index is 13.3. The largest absolute Gasteiger partial charge is 0.490 e. The van der Waals surface area contributed by atoms with E-state index >= 15 is 0 Å². The first-order valence-electron chi connectivity index (χ1n) is 14.2. The van der Waals surface area contributed by atoms with Crippen LogP contribution in [-0.2, 0) is 9.53 Å². The number of aryl methyl sites for hydroxylation is 1. The standard InChI is InChI=1S/C32H40ClFN4O4/c1-20(2)42-30(31(39)40)28-21(3)35-19-24(29(28)38-13-11-32(4,5)12-14-38)26-9-8-23(18-36-26)37(6)15-16-41-27-10-7-22(34)17-25(27)33/h7-10,17-20,30H,11-16H2,1-6H3,(H,39,40)/t30-/m0/s1. The number of piperidine rings is 1. The fourth-order valence-corrected chi connectivity index (χ4v) is 5.31. The van der Waals surface area contributed by atoms with Crippen LogP contribution < -0.4 is 14.5 Å². The first-order valence-corrected chi connectivity index (χ1v) is 14.6. The monoisotopic (exact) mass is 598 g/mol. The van der Waals surface area contributed by atoms with Crippen molar-refractivity contribution < 1.29 is 23.8 Å². The number of aliphatic carboxylic acids is 1. The summed E-state index contributed by atoms with van der Waals surface area (Å²) in [6.07, 6.45) is 4.10. The quantitative estimate of drug-likeness (QED) is 0.254. The van der Waals surface area contributed by atoms with Crippen LogP contribution in [0.1, 0.15) is 57.9 Å². The van der Waals surface area contributed by atoms with Crippen LogP contribution in [0.5, 0.6) is 5.75 Å². The molecule has 1 N–H and O–H groups in total. The van der Waals surface area contributed by atoms with Crippen LogP contribution in [0.3, 0.4) is 0 Å². The van der Waals surface area contributed by atoms with Gasteiger partial charge in [-0.3, -0.25) is 9.97 Å². The number of carboxylic acids is 1. The fraction of sp³-hybridized carbons (Fsp3) is 0.469. The second-order valence-electron chi connectivity index (χ2n) is 11.8. The molecule has 0 aliphatic carbocycles. The maximum atomic E-state index is 13.3. The zero-order valence-corrected chi connectivity index (χ0v) is 25.9. The van der Waals surface area contributed by atoms with Crippen LogP contribution in [0.2, 0.25) is 5.02 Å². The van der Waals surface area contributed by atoms with E-state index in [0.29, 0.717) is 35.9 Å². The first-order chi connectivity index (χ1) is 19.9. The van der Waals surface area contributed by atoms with E-state index in [1.54, 1.807) is 12.4 Å². The Kier molecular flexibility index (Phi) is 9.94. The van der Waals surface area contributed by atoms with Gasteiger partial charge < -0.3 is 24.4 Å². The minimum absolute atomic E-state index is 0.218. The SMILES string of the molecule is Cc1ncc(-c2ccc(N(C)CCOc3ccc(F)cc3Cl)cn2)c(N2CCC(C)(C)CC2)c1[C@H](OC(C)C)C(=O)O. The molecule has 2 aromatic heterocycles. The van der Waals surface area contributed by atoms with Crippen molar-refractivity contribution in [1.29, 1.82) is 0 Å². The van der Waals surface area contributed by atoms with Crippen molar-refractivity contribution in [2.24, 2.45) is 5.41 Å². The van der Waals surface area contributed by atoms with Crippen molar-refractivity contribution in [3.8, 4) is 17.0 Å². The van der Waals surface area contributed by atoms with Gasteiger partial charge in [-0.15, -0.1) is 0 Å². The van der Waals surface area contributed by atoms with E-state index in [4.69, 9.17) is 26.1 Å². The van der Waals surface area contributed by atoms with Crippen molar-refractivity contribution in [3.05, 3.63) is 64.8 Å². The number of rotatable bonds is 11. The highest BCUT2D eigenvalue weighted by atomic mass is 35.5. The van der Waals surface area contributed by atoms with Gasteiger partial charge in [0.05, 0.1) is 40.9 Å². The summed E-state index contributed by atoms with van der Waals surface area (Å²) in [4.78, 5) is 26.1. The minimum atomic E-state index is -1.15. The Bertz CT molecular complexity index is 1390. The summed E-state index contributed by atoms with van der Waals surface area (Å²) in [7, 11) is 1.93. The fourth-order valence-electron chi connectivity index (χ4n) is 5.09. The number of hydrogen-bond donors (Lipinski definition) is 1. The second kappa shape index (κ2) is 13.3.